The highest BCUT2D eigenvalue weighted by Crippen LogP contribution is 2.22. The summed E-state index contributed by atoms with van der Waals surface area (Å²) in [6, 6.07) is 4.92. The zero-order chi connectivity index (χ0) is 14.4. The van der Waals surface area contributed by atoms with Crippen LogP contribution in [0.3, 0.4) is 0 Å². The van der Waals surface area contributed by atoms with Crippen molar-refractivity contribution in [3.63, 3.8) is 0 Å². The van der Waals surface area contributed by atoms with Gasteiger partial charge in [-0.25, -0.2) is 4.79 Å². The molecule has 5 nitrogen and oxygen atoms in total. The maximum atomic E-state index is 11.6. The second kappa shape index (κ2) is 6.99. The summed E-state index contributed by atoms with van der Waals surface area (Å²) in [5, 5.41) is 14.4. The first-order valence-electron chi connectivity index (χ1n) is 5.94. The number of urea groups is 1. The lowest BCUT2D eigenvalue weighted by molar-refractivity contribution is -0.141. The number of carboxylic acid groups (broad SMARTS) is 1. The van der Waals surface area contributed by atoms with Gasteiger partial charge in [-0.1, -0.05) is 24.6 Å². The van der Waals surface area contributed by atoms with E-state index in [0.717, 1.165) is 5.56 Å². The molecule has 0 saturated carbocycles. The Morgan fingerprint density at radius 1 is 1.42 bits per heavy atom. The van der Waals surface area contributed by atoms with Crippen LogP contribution in [-0.2, 0) is 4.79 Å². The van der Waals surface area contributed by atoms with E-state index < -0.39 is 17.9 Å². The number of carbonyl (C=O) groups is 2. The van der Waals surface area contributed by atoms with Gasteiger partial charge in [-0.3, -0.25) is 4.79 Å². The van der Waals surface area contributed by atoms with E-state index in [1.165, 1.54) is 0 Å². The van der Waals surface area contributed by atoms with Crippen molar-refractivity contribution in [2.45, 2.75) is 20.3 Å². The fourth-order valence-corrected chi connectivity index (χ4v) is 1.59. The number of aryl methyl sites for hydroxylation is 1. The number of aliphatic carboxylic acids is 1. The Morgan fingerprint density at radius 3 is 2.74 bits per heavy atom. The van der Waals surface area contributed by atoms with Crippen molar-refractivity contribution < 1.29 is 14.7 Å². The summed E-state index contributed by atoms with van der Waals surface area (Å²) in [4.78, 5) is 22.2. The van der Waals surface area contributed by atoms with Crippen LogP contribution < -0.4 is 10.6 Å². The van der Waals surface area contributed by atoms with Gasteiger partial charge in [-0.2, -0.15) is 0 Å². The standard InChI is InChI=1S/C13H17ClN2O3/c1-8-3-4-10(14)11(7-8)16-13(19)15-6-5-9(2)12(17)18/h3-4,7,9H,5-6H2,1-2H3,(H,17,18)(H2,15,16,19). The Morgan fingerprint density at radius 2 is 2.11 bits per heavy atom. The van der Waals surface area contributed by atoms with Gasteiger partial charge in [0, 0.05) is 6.54 Å². The minimum atomic E-state index is -0.871. The summed E-state index contributed by atoms with van der Waals surface area (Å²) in [6.07, 6.45) is 0.379. The Hall–Kier alpha value is -1.75. The Bertz CT molecular complexity index is 477. The predicted molar refractivity (Wildman–Crippen MR) is 74.6 cm³/mol. The highest BCUT2D eigenvalue weighted by Gasteiger charge is 2.11. The van der Waals surface area contributed by atoms with Gasteiger partial charge in [-0.05, 0) is 31.0 Å². The number of anilines is 1. The molecule has 0 radical (unpaired) electrons. The number of amides is 2. The molecule has 0 aliphatic rings. The maximum absolute atomic E-state index is 11.6. The van der Waals surface area contributed by atoms with Gasteiger partial charge in [0.25, 0.3) is 0 Å². The van der Waals surface area contributed by atoms with Crippen LogP contribution in [0.1, 0.15) is 18.9 Å². The van der Waals surface area contributed by atoms with E-state index in [9.17, 15) is 9.59 Å². The van der Waals surface area contributed by atoms with Gasteiger partial charge in [0.1, 0.15) is 0 Å². The van der Waals surface area contributed by atoms with E-state index in [2.05, 4.69) is 10.6 Å². The van der Waals surface area contributed by atoms with Crippen LogP contribution in [0.2, 0.25) is 5.02 Å². The van der Waals surface area contributed by atoms with Gasteiger partial charge in [0.05, 0.1) is 16.6 Å². The largest absolute Gasteiger partial charge is 0.481 e. The fourth-order valence-electron chi connectivity index (χ4n) is 1.43. The van der Waals surface area contributed by atoms with Crippen LogP contribution in [0.25, 0.3) is 0 Å². The number of nitrogens with one attached hydrogen (secondary N) is 2. The highest BCUT2D eigenvalue weighted by atomic mass is 35.5. The van der Waals surface area contributed by atoms with E-state index in [-0.39, 0.29) is 0 Å². The molecule has 0 spiro atoms. The Balaban J connectivity index is 2.43. The SMILES string of the molecule is Cc1ccc(Cl)c(NC(=O)NCCC(C)C(=O)O)c1. The number of hydrogen-bond acceptors (Lipinski definition) is 2. The van der Waals surface area contributed by atoms with Gasteiger partial charge in [-0.15, -0.1) is 0 Å². The van der Waals surface area contributed by atoms with Gasteiger partial charge >= 0.3 is 12.0 Å². The molecule has 1 aromatic carbocycles. The number of benzene rings is 1. The smallest absolute Gasteiger partial charge is 0.319 e. The topological polar surface area (TPSA) is 78.4 Å². The highest BCUT2D eigenvalue weighted by molar-refractivity contribution is 6.33. The quantitative estimate of drug-likeness (QED) is 0.778. The average Bonchev–Trinajstić information content (AvgIpc) is 2.33. The van der Waals surface area contributed by atoms with Crippen molar-refractivity contribution in [2.75, 3.05) is 11.9 Å². The summed E-state index contributed by atoms with van der Waals surface area (Å²) in [7, 11) is 0. The molecule has 1 atom stereocenters. The first-order chi connectivity index (χ1) is 8.90. The molecule has 19 heavy (non-hydrogen) atoms. The molecule has 1 rings (SSSR count). The first kappa shape index (κ1) is 15.3. The van der Waals surface area contributed by atoms with Crippen LogP contribution in [0.4, 0.5) is 10.5 Å². The molecule has 0 fully saturated rings. The summed E-state index contributed by atoms with van der Waals surface area (Å²) in [5.74, 6) is -1.35. The summed E-state index contributed by atoms with van der Waals surface area (Å²) < 4.78 is 0. The zero-order valence-corrected chi connectivity index (χ0v) is 11.6. The molecule has 3 N–H and O–H groups in total. The number of halogens is 1. The zero-order valence-electron chi connectivity index (χ0n) is 10.9. The van der Waals surface area contributed by atoms with Crippen molar-refractivity contribution in [1.29, 1.82) is 0 Å². The molecule has 0 saturated heterocycles. The molecule has 0 aliphatic heterocycles. The summed E-state index contributed by atoms with van der Waals surface area (Å²) >= 11 is 5.95. The van der Waals surface area contributed by atoms with Crippen molar-refractivity contribution in [2.24, 2.45) is 5.92 Å². The van der Waals surface area contributed by atoms with E-state index >= 15 is 0 Å². The molecule has 2 amide bonds. The normalized spacial score (nSPS) is 11.7. The van der Waals surface area contributed by atoms with E-state index in [4.69, 9.17) is 16.7 Å². The van der Waals surface area contributed by atoms with Crippen LogP contribution in [0.5, 0.6) is 0 Å². The molecule has 1 aromatic rings. The third-order valence-electron chi connectivity index (χ3n) is 2.65. The minimum absolute atomic E-state index is 0.294. The lowest BCUT2D eigenvalue weighted by Gasteiger charge is -2.10. The van der Waals surface area contributed by atoms with Gasteiger partial charge in [0.2, 0.25) is 0 Å². The molecule has 0 aliphatic carbocycles. The summed E-state index contributed by atoms with van der Waals surface area (Å²) in [5.41, 5.74) is 1.52. The van der Waals surface area contributed by atoms with Crippen molar-refractivity contribution >= 4 is 29.3 Å². The van der Waals surface area contributed by atoms with Crippen molar-refractivity contribution in [3.05, 3.63) is 28.8 Å². The number of carbonyl (C=O) groups excluding carboxylic acids is 1. The van der Waals surface area contributed by atoms with E-state index in [1.54, 1.807) is 19.1 Å². The summed E-state index contributed by atoms with van der Waals surface area (Å²) in [6.45, 7) is 3.79. The number of hydrogen-bond donors (Lipinski definition) is 3. The molecule has 0 aromatic heterocycles. The monoisotopic (exact) mass is 284 g/mol. The van der Waals surface area contributed by atoms with Crippen LogP contribution in [-0.4, -0.2) is 23.7 Å². The van der Waals surface area contributed by atoms with Gasteiger partial charge < -0.3 is 15.7 Å². The van der Waals surface area contributed by atoms with E-state index in [0.29, 0.717) is 23.7 Å². The van der Waals surface area contributed by atoms with Crippen molar-refractivity contribution in [3.8, 4) is 0 Å². The predicted octanol–water partition coefficient (Wildman–Crippen LogP) is 2.88. The van der Waals surface area contributed by atoms with Crippen LogP contribution in [0, 0.1) is 12.8 Å². The lowest BCUT2D eigenvalue weighted by Crippen LogP contribution is -2.31. The molecule has 1 unspecified atom stereocenters. The second-order valence-electron chi connectivity index (χ2n) is 4.39. The lowest BCUT2D eigenvalue weighted by atomic mass is 10.1. The maximum Gasteiger partial charge on any atom is 0.319 e. The second-order valence-corrected chi connectivity index (χ2v) is 4.80. The molecule has 6 heteroatoms. The van der Waals surface area contributed by atoms with Crippen LogP contribution in [0.15, 0.2) is 18.2 Å². The number of carboxylic acids is 1. The Labute approximate surface area is 117 Å². The van der Waals surface area contributed by atoms with Crippen LogP contribution >= 0.6 is 11.6 Å². The van der Waals surface area contributed by atoms with Crippen molar-refractivity contribution in [1.82, 2.24) is 5.32 Å². The number of rotatable bonds is 5. The Kier molecular flexibility index (Phi) is 5.63. The third-order valence-corrected chi connectivity index (χ3v) is 2.98. The third kappa shape index (κ3) is 5.18. The molecule has 104 valence electrons. The molecule has 0 heterocycles. The molecule has 0 bridgehead atoms. The van der Waals surface area contributed by atoms with Gasteiger partial charge in [0.15, 0.2) is 0 Å². The minimum Gasteiger partial charge on any atom is -0.481 e. The fraction of sp³-hybridized carbons (Fsp3) is 0.385. The molecular weight excluding hydrogens is 268 g/mol. The average molecular weight is 285 g/mol. The van der Waals surface area contributed by atoms with E-state index in [1.807, 2.05) is 13.0 Å². The molecular formula is C13H17ClN2O3. The first-order valence-corrected chi connectivity index (χ1v) is 6.31.